The Morgan fingerprint density at radius 1 is 1.47 bits per heavy atom. The van der Waals surface area contributed by atoms with Crippen LogP contribution in [0.5, 0.6) is 0 Å². The molecular weight excluding hydrogens is 198 g/mol. The monoisotopic (exact) mass is 215 g/mol. The van der Waals surface area contributed by atoms with Crippen LogP contribution in [0.25, 0.3) is 0 Å². The lowest BCUT2D eigenvalue weighted by molar-refractivity contribution is -0.174. The van der Waals surface area contributed by atoms with Crippen molar-refractivity contribution in [3.8, 4) is 0 Å². The number of hydroxylamine groups is 2. The van der Waals surface area contributed by atoms with Gasteiger partial charge in [-0.2, -0.15) is 0 Å². The average molecular weight is 215 g/mol. The zero-order chi connectivity index (χ0) is 11.8. The van der Waals surface area contributed by atoms with Crippen LogP contribution < -0.4 is 0 Å². The van der Waals surface area contributed by atoms with Crippen LogP contribution in [0, 0.1) is 5.92 Å². The highest BCUT2D eigenvalue weighted by molar-refractivity contribution is 5.82. The molecule has 0 atom stereocenters. The van der Waals surface area contributed by atoms with Gasteiger partial charge in [-0.1, -0.05) is 20.4 Å². The Morgan fingerprint density at radius 2 is 2.07 bits per heavy atom. The summed E-state index contributed by atoms with van der Waals surface area (Å²) in [6.07, 6.45) is 0.319. The third-order valence-corrected chi connectivity index (χ3v) is 1.40. The van der Waals surface area contributed by atoms with Gasteiger partial charge in [-0.3, -0.25) is 0 Å². The molecule has 0 rings (SSSR count). The molecule has 0 heterocycles. The number of rotatable bonds is 4. The Kier molecular flexibility index (Phi) is 6.17. The van der Waals surface area contributed by atoms with E-state index in [0.717, 1.165) is 11.1 Å². The molecule has 0 aliphatic rings. The first-order valence-electron chi connectivity index (χ1n) is 4.79. The molecular formula is C10H17NO4. The first-order valence-corrected chi connectivity index (χ1v) is 4.79. The maximum absolute atomic E-state index is 11.3. The molecule has 0 saturated heterocycles. The Labute approximate surface area is 89.6 Å². The molecule has 0 bridgehead atoms. The summed E-state index contributed by atoms with van der Waals surface area (Å²) in [7, 11) is 0. The van der Waals surface area contributed by atoms with Gasteiger partial charge in [-0.15, -0.1) is 5.06 Å². The molecule has 5 heteroatoms. The minimum atomic E-state index is -0.682. The van der Waals surface area contributed by atoms with Crippen LogP contribution in [0.4, 0.5) is 4.79 Å². The van der Waals surface area contributed by atoms with Gasteiger partial charge < -0.3 is 9.57 Å². The molecule has 0 aliphatic heterocycles. The van der Waals surface area contributed by atoms with Crippen molar-refractivity contribution in [2.75, 3.05) is 13.2 Å². The summed E-state index contributed by atoms with van der Waals surface area (Å²) in [4.78, 5) is 26.8. The maximum atomic E-state index is 11.3. The molecule has 0 radical (unpaired) electrons. The van der Waals surface area contributed by atoms with E-state index in [2.05, 4.69) is 11.4 Å². The fourth-order valence-electron chi connectivity index (χ4n) is 0.687. The van der Waals surface area contributed by atoms with Crippen LogP contribution in [-0.2, 0) is 14.4 Å². The van der Waals surface area contributed by atoms with Crippen molar-refractivity contribution < 1.29 is 19.2 Å². The highest BCUT2D eigenvalue weighted by Crippen LogP contribution is 2.00. The lowest BCUT2D eigenvalue weighted by Crippen LogP contribution is -2.34. The van der Waals surface area contributed by atoms with Crippen molar-refractivity contribution >= 4 is 12.1 Å². The van der Waals surface area contributed by atoms with Gasteiger partial charge in [0, 0.05) is 6.08 Å². The third kappa shape index (κ3) is 5.72. The van der Waals surface area contributed by atoms with Gasteiger partial charge in [0.05, 0.1) is 13.2 Å². The van der Waals surface area contributed by atoms with Crippen molar-refractivity contribution in [2.24, 2.45) is 5.92 Å². The molecule has 0 unspecified atom stereocenters. The summed E-state index contributed by atoms with van der Waals surface area (Å²) in [6.45, 7) is 9.26. The van der Waals surface area contributed by atoms with E-state index >= 15 is 0 Å². The Balaban J connectivity index is 4.10. The van der Waals surface area contributed by atoms with E-state index in [1.165, 1.54) is 0 Å². The molecule has 15 heavy (non-hydrogen) atoms. The van der Waals surface area contributed by atoms with Gasteiger partial charge in [-0.05, 0) is 12.8 Å². The number of amides is 1. The first kappa shape index (κ1) is 13.5. The normalized spacial score (nSPS) is 9.60. The molecule has 5 nitrogen and oxygen atoms in total. The molecule has 0 aromatic carbocycles. The summed E-state index contributed by atoms with van der Waals surface area (Å²) >= 11 is 0. The maximum Gasteiger partial charge on any atom is 0.443 e. The van der Waals surface area contributed by atoms with E-state index in [0.29, 0.717) is 6.61 Å². The van der Waals surface area contributed by atoms with Crippen LogP contribution in [0.15, 0.2) is 12.7 Å². The summed E-state index contributed by atoms with van der Waals surface area (Å²) < 4.78 is 4.88. The third-order valence-electron chi connectivity index (χ3n) is 1.40. The van der Waals surface area contributed by atoms with Crippen molar-refractivity contribution in [3.05, 3.63) is 12.7 Å². The number of carbonyl (C=O) groups is 2. The minimum Gasteiger partial charge on any atom is -0.447 e. The molecule has 0 spiro atoms. The molecule has 0 aliphatic carbocycles. The van der Waals surface area contributed by atoms with Gasteiger partial charge in [-0.25, -0.2) is 9.59 Å². The second-order valence-electron chi connectivity index (χ2n) is 3.28. The summed E-state index contributed by atoms with van der Waals surface area (Å²) in [5.41, 5.74) is 0. The van der Waals surface area contributed by atoms with Gasteiger partial charge >= 0.3 is 12.1 Å². The predicted molar refractivity (Wildman–Crippen MR) is 54.9 cm³/mol. The SMILES string of the molecule is C=CC(=O)ON(CC)C(=O)OCC(C)C. The van der Waals surface area contributed by atoms with E-state index in [-0.39, 0.29) is 12.5 Å². The standard InChI is InChI=1S/C10H17NO4/c1-5-9(12)15-11(6-2)10(13)14-7-8(3)4/h5,8H,1,6-7H2,2-4H3. The number of hydrogen-bond acceptors (Lipinski definition) is 4. The topological polar surface area (TPSA) is 55.8 Å². The van der Waals surface area contributed by atoms with Crippen molar-refractivity contribution in [1.82, 2.24) is 5.06 Å². The minimum absolute atomic E-state index is 0.233. The molecule has 86 valence electrons. The molecule has 1 amide bonds. The van der Waals surface area contributed by atoms with Crippen LogP contribution >= 0.6 is 0 Å². The van der Waals surface area contributed by atoms with E-state index in [9.17, 15) is 9.59 Å². The Bertz CT molecular complexity index is 238. The lowest BCUT2D eigenvalue weighted by atomic mass is 10.2. The van der Waals surface area contributed by atoms with Crippen LogP contribution in [-0.4, -0.2) is 30.3 Å². The van der Waals surface area contributed by atoms with Crippen LogP contribution in [0.3, 0.4) is 0 Å². The number of ether oxygens (including phenoxy) is 1. The van der Waals surface area contributed by atoms with E-state index < -0.39 is 12.1 Å². The molecule has 0 saturated carbocycles. The largest absolute Gasteiger partial charge is 0.447 e. The number of nitrogens with zero attached hydrogens (tertiary/aromatic N) is 1. The highest BCUT2D eigenvalue weighted by atomic mass is 16.7. The summed E-state index contributed by atoms with van der Waals surface area (Å²) in [5.74, 6) is -0.443. The first-order chi connectivity index (χ1) is 7.01. The van der Waals surface area contributed by atoms with Gasteiger partial charge in [0.25, 0.3) is 0 Å². The second kappa shape index (κ2) is 6.86. The summed E-state index contributed by atoms with van der Waals surface area (Å²) in [6, 6.07) is 0. The summed E-state index contributed by atoms with van der Waals surface area (Å²) in [5, 5.41) is 0.854. The van der Waals surface area contributed by atoms with E-state index in [1.807, 2.05) is 13.8 Å². The quantitative estimate of drug-likeness (QED) is 0.529. The smallest absolute Gasteiger partial charge is 0.443 e. The zero-order valence-corrected chi connectivity index (χ0v) is 9.36. The Hall–Kier alpha value is -1.52. The lowest BCUT2D eigenvalue weighted by Gasteiger charge is -2.18. The molecule has 0 aromatic heterocycles. The van der Waals surface area contributed by atoms with Gasteiger partial charge in [0.15, 0.2) is 0 Å². The predicted octanol–water partition coefficient (Wildman–Crippen LogP) is 1.75. The Morgan fingerprint density at radius 3 is 2.47 bits per heavy atom. The second-order valence-corrected chi connectivity index (χ2v) is 3.28. The van der Waals surface area contributed by atoms with Crippen molar-refractivity contribution in [1.29, 1.82) is 0 Å². The van der Waals surface area contributed by atoms with Crippen LogP contribution in [0.1, 0.15) is 20.8 Å². The fourth-order valence-corrected chi connectivity index (χ4v) is 0.687. The van der Waals surface area contributed by atoms with E-state index in [1.54, 1.807) is 6.92 Å². The van der Waals surface area contributed by atoms with Gasteiger partial charge in [0.2, 0.25) is 0 Å². The highest BCUT2D eigenvalue weighted by Gasteiger charge is 2.17. The van der Waals surface area contributed by atoms with Gasteiger partial charge in [0.1, 0.15) is 0 Å². The zero-order valence-electron chi connectivity index (χ0n) is 9.36. The molecule has 0 aromatic rings. The number of carbonyl (C=O) groups excluding carboxylic acids is 2. The average Bonchev–Trinajstić information content (AvgIpc) is 2.21. The fraction of sp³-hybridized carbons (Fsp3) is 0.600. The molecule has 0 N–H and O–H groups in total. The molecule has 0 fully saturated rings. The van der Waals surface area contributed by atoms with Crippen molar-refractivity contribution in [2.45, 2.75) is 20.8 Å². The van der Waals surface area contributed by atoms with Crippen molar-refractivity contribution in [3.63, 3.8) is 0 Å². The van der Waals surface area contributed by atoms with E-state index in [4.69, 9.17) is 4.74 Å². The number of hydrogen-bond donors (Lipinski definition) is 0. The van der Waals surface area contributed by atoms with Crippen LogP contribution in [0.2, 0.25) is 0 Å².